The van der Waals surface area contributed by atoms with Crippen molar-refractivity contribution in [1.82, 2.24) is 4.98 Å². The number of aromatic nitrogens is 1. The predicted molar refractivity (Wildman–Crippen MR) is 123 cm³/mol. The van der Waals surface area contributed by atoms with Crippen molar-refractivity contribution in [2.75, 3.05) is 17.1 Å². The molecule has 0 unspecified atom stereocenters. The summed E-state index contributed by atoms with van der Waals surface area (Å²) in [5, 5.41) is 3.20. The van der Waals surface area contributed by atoms with Crippen molar-refractivity contribution >= 4 is 48.3 Å². The van der Waals surface area contributed by atoms with E-state index in [0.717, 1.165) is 17.5 Å². The van der Waals surface area contributed by atoms with Gasteiger partial charge in [-0.2, -0.15) is 0 Å². The van der Waals surface area contributed by atoms with Crippen molar-refractivity contribution < 1.29 is 17.9 Å². The Kier molecular flexibility index (Phi) is 6.43. The molecule has 0 atom stereocenters. The van der Waals surface area contributed by atoms with Crippen molar-refractivity contribution in [1.29, 1.82) is 0 Å². The van der Waals surface area contributed by atoms with E-state index in [2.05, 4.69) is 15.0 Å². The van der Waals surface area contributed by atoms with Crippen LogP contribution in [0.15, 0.2) is 47.4 Å². The molecule has 0 bridgehead atoms. The summed E-state index contributed by atoms with van der Waals surface area (Å²) in [6, 6.07) is 11.7. The molecule has 7 nitrogen and oxygen atoms in total. The summed E-state index contributed by atoms with van der Waals surface area (Å²) in [7, 11) is -2.22. The molecule has 0 aliphatic heterocycles. The van der Waals surface area contributed by atoms with Gasteiger partial charge in [-0.25, -0.2) is 13.4 Å². The number of nitrogens with one attached hydrogen (secondary N) is 2. The number of fused-ring (bicyclic) bond motifs is 1. The molecule has 1 aliphatic carbocycles. The molecule has 164 valence electrons. The molecule has 4 rings (SSSR count). The second-order valence-corrected chi connectivity index (χ2v) is 10.4. The van der Waals surface area contributed by atoms with Gasteiger partial charge in [0.1, 0.15) is 11.3 Å². The molecule has 9 heteroatoms. The van der Waals surface area contributed by atoms with Crippen LogP contribution in [-0.4, -0.2) is 26.4 Å². The van der Waals surface area contributed by atoms with Gasteiger partial charge in [-0.15, -0.1) is 0 Å². The van der Waals surface area contributed by atoms with Gasteiger partial charge < -0.3 is 10.1 Å². The summed E-state index contributed by atoms with van der Waals surface area (Å²) >= 11 is 1.19. The molecule has 0 radical (unpaired) electrons. The minimum absolute atomic E-state index is 0.0113. The predicted octanol–water partition coefficient (Wildman–Crippen LogP) is 5.01. The van der Waals surface area contributed by atoms with Gasteiger partial charge in [-0.05, 0) is 37.0 Å². The lowest BCUT2D eigenvalue weighted by molar-refractivity contribution is -0.117. The van der Waals surface area contributed by atoms with Crippen LogP contribution >= 0.6 is 11.3 Å². The van der Waals surface area contributed by atoms with Crippen LogP contribution in [0.25, 0.3) is 10.2 Å². The number of carbonyl (C=O) groups excluding carboxylic acids is 1. The molecular formula is C22H25N3O4S2. The number of ether oxygens (including phenoxy) is 1. The number of rotatable bonds is 7. The first-order valence-electron chi connectivity index (χ1n) is 10.3. The lowest BCUT2D eigenvalue weighted by Crippen LogP contribution is -2.18. The molecule has 2 N–H and O–H groups in total. The monoisotopic (exact) mass is 459 g/mol. The zero-order valence-corrected chi connectivity index (χ0v) is 18.9. The number of thiazole rings is 1. The zero-order valence-electron chi connectivity index (χ0n) is 17.3. The summed E-state index contributed by atoms with van der Waals surface area (Å²) in [4.78, 5) is 17.1. The van der Waals surface area contributed by atoms with Crippen molar-refractivity contribution in [3.8, 4) is 5.75 Å². The number of nitrogens with zero attached hydrogens (tertiary/aromatic N) is 1. The van der Waals surface area contributed by atoms with Gasteiger partial charge in [0, 0.05) is 18.2 Å². The van der Waals surface area contributed by atoms with E-state index in [-0.39, 0.29) is 15.9 Å². The third-order valence-electron chi connectivity index (χ3n) is 5.44. The number of hydrogen-bond acceptors (Lipinski definition) is 6. The van der Waals surface area contributed by atoms with E-state index in [4.69, 9.17) is 4.74 Å². The first kappa shape index (κ1) is 21.6. The Hall–Kier alpha value is -2.65. The van der Waals surface area contributed by atoms with Crippen molar-refractivity contribution in [3.05, 3.63) is 42.5 Å². The maximum atomic E-state index is 12.6. The van der Waals surface area contributed by atoms with Gasteiger partial charge in [0.15, 0.2) is 5.13 Å². The highest BCUT2D eigenvalue weighted by molar-refractivity contribution is 7.93. The molecule has 3 aromatic rings. The highest BCUT2D eigenvalue weighted by Gasteiger charge is 2.20. The Labute approximate surface area is 185 Å². The normalized spacial score (nSPS) is 15.0. The molecule has 1 aromatic heterocycles. The van der Waals surface area contributed by atoms with Gasteiger partial charge in [0.05, 0.1) is 16.7 Å². The Balaban J connectivity index is 1.54. The molecule has 1 saturated carbocycles. The fraction of sp³-hybridized carbons (Fsp3) is 0.364. The Bertz CT molecular complexity index is 1170. The number of sulfonamides is 1. The number of methoxy groups -OCH3 is 1. The highest BCUT2D eigenvalue weighted by atomic mass is 32.2. The average molecular weight is 460 g/mol. The van der Waals surface area contributed by atoms with Crippen molar-refractivity contribution in [2.45, 2.75) is 43.4 Å². The largest absolute Gasteiger partial charge is 0.494 e. The number of anilines is 2. The second-order valence-electron chi connectivity index (χ2n) is 7.72. The lowest BCUT2D eigenvalue weighted by Gasteiger charge is -2.20. The van der Waals surface area contributed by atoms with Crippen LogP contribution in [0.2, 0.25) is 0 Å². The van der Waals surface area contributed by atoms with E-state index in [1.165, 1.54) is 49.8 Å². The van der Waals surface area contributed by atoms with Gasteiger partial charge in [-0.1, -0.05) is 48.8 Å². The number of amides is 1. The minimum atomic E-state index is -3.74. The average Bonchev–Trinajstić information content (AvgIpc) is 3.16. The number of carbonyl (C=O) groups is 1. The molecule has 1 heterocycles. The molecule has 31 heavy (non-hydrogen) atoms. The van der Waals surface area contributed by atoms with E-state index in [1.807, 2.05) is 0 Å². The molecule has 1 amide bonds. The molecule has 0 saturated heterocycles. The van der Waals surface area contributed by atoms with E-state index >= 15 is 0 Å². The summed E-state index contributed by atoms with van der Waals surface area (Å²) in [5.41, 5.74) is 1.16. The lowest BCUT2D eigenvalue weighted by atomic mass is 9.87. The summed E-state index contributed by atoms with van der Waals surface area (Å²) in [5.74, 6) is 0.913. The fourth-order valence-electron chi connectivity index (χ4n) is 3.91. The van der Waals surface area contributed by atoms with Crippen molar-refractivity contribution in [3.63, 3.8) is 0 Å². The maximum absolute atomic E-state index is 12.6. The molecule has 0 spiro atoms. The quantitative estimate of drug-likeness (QED) is 0.517. The number of hydrogen-bond donors (Lipinski definition) is 2. The minimum Gasteiger partial charge on any atom is -0.494 e. The Morgan fingerprint density at radius 1 is 1.16 bits per heavy atom. The molecule has 1 aliphatic rings. The SMILES string of the molecule is COc1cc(NC(=O)CC2CCCCC2)cc2sc(NS(=O)(=O)c3ccccc3)nc12. The topological polar surface area (TPSA) is 97.4 Å². The van der Waals surface area contributed by atoms with Gasteiger partial charge in [0.25, 0.3) is 10.0 Å². The summed E-state index contributed by atoms with van der Waals surface area (Å²) in [6.07, 6.45) is 6.38. The summed E-state index contributed by atoms with van der Waals surface area (Å²) in [6.45, 7) is 0. The van der Waals surface area contributed by atoms with Gasteiger partial charge in [0.2, 0.25) is 5.91 Å². The second kappa shape index (κ2) is 9.23. The first-order valence-corrected chi connectivity index (χ1v) is 12.6. The van der Waals surface area contributed by atoms with Gasteiger partial charge >= 0.3 is 0 Å². The first-order chi connectivity index (χ1) is 14.9. The maximum Gasteiger partial charge on any atom is 0.263 e. The van der Waals surface area contributed by atoms with E-state index < -0.39 is 10.0 Å². The van der Waals surface area contributed by atoms with Crippen LogP contribution in [0, 0.1) is 5.92 Å². The van der Waals surface area contributed by atoms with Crippen molar-refractivity contribution in [2.24, 2.45) is 5.92 Å². The van der Waals surface area contributed by atoms with Crippen LogP contribution in [0.1, 0.15) is 38.5 Å². The molecule has 2 aromatic carbocycles. The van der Waals surface area contributed by atoms with Crippen LogP contribution in [0.5, 0.6) is 5.75 Å². The third kappa shape index (κ3) is 5.16. The van der Waals surface area contributed by atoms with Crippen LogP contribution in [-0.2, 0) is 14.8 Å². The van der Waals surface area contributed by atoms with Crippen LogP contribution in [0.4, 0.5) is 10.8 Å². The zero-order chi connectivity index (χ0) is 21.8. The highest BCUT2D eigenvalue weighted by Crippen LogP contribution is 2.36. The Morgan fingerprint density at radius 3 is 2.61 bits per heavy atom. The fourth-order valence-corrected chi connectivity index (χ4v) is 6.09. The van der Waals surface area contributed by atoms with E-state index in [1.54, 1.807) is 30.3 Å². The molecule has 1 fully saturated rings. The third-order valence-corrected chi connectivity index (χ3v) is 7.84. The Morgan fingerprint density at radius 2 is 1.90 bits per heavy atom. The van der Waals surface area contributed by atoms with E-state index in [9.17, 15) is 13.2 Å². The van der Waals surface area contributed by atoms with Crippen LogP contribution < -0.4 is 14.8 Å². The van der Waals surface area contributed by atoms with E-state index in [0.29, 0.717) is 29.3 Å². The van der Waals surface area contributed by atoms with Gasteiger partial charge in [-0.3, -0.25) is 9.52 Å². The standard InChI is InChI=1S/C22H25N3O4S2/c1-29-18-13-16(23-20(26)12-15-8-4-2-5-9-15)14-19-21(18)24-22(30-19)25-31(27,28)17-10-6-3-7-11-17/h3,6-7,10-11,13-15H,2,4-5,8-9,12H2,1H3,(H,23,26)(H,24,25). The molecular weight excluding hydrogens is 434 g/mol. The number of benzene rings is 2. The smallest absolute Gasteiger partial charge is 0.263 e. The van der Waals surface area contributed by atoms with Crippen LogP contribution in [0.3, 0.4) is 0 Å². The summed E-state index contributed by atoms with van der Waals surface area (Å²) < 4.78 is 33.9.